The summed E-state index contributed by atoms with van der Waals surface area (Å²) < 4.78 is 16.7. The molecular weight excluding hydrogens is 382 g/mol. The molecule has 1 aromatic heterocycles. The summed E-state index contributed by atoms with van der Waals surface area (Å²) in [5, 5.41) is 7.63. The zero-order chi connectivity index (χ0) is 19.3. The number of anilines is 2. The van der Waals surface area contributed by atoms with Gasteiger partial charge >= 0.3 is 6.09 Å². The van der Waals surface area contributed by atoms with Crippen LogP contribution in [0.3, 0.4) is 0 Å². The molecule has 1 fully saturated rings. The Morgan fingerprint density at radius 3 is 2.68 bits per heavy atom. The van der Waals surface area contributed by atoms with Crippen molar-refractivity contribution in [3.8, 4) is 17.2 Å². The summed E-state index contributed by atoms with van der Waals surface area (Å²) in [7, 11) is 0. The van der Waals surface area contributed by atoms with E-state index >= 15 is 0 Å². The van der Waals surface area contributed by atoms with Gasteiger partial charge in [0.1, 0.15) is 13.2 Å². The first-order valence-electron chi connectivity index (χ1n) is 9.30. The number of benzene rings is 1. The number of nitrogens with one attached hydrogen (secondary N) is 2. The number of carbonyl (C=O) groups excluding carboxylic acids is 2. The summed E-state index contributed by atoms with van der Waals surface area (Å²) in [6.07, 6.45) is 6.01. The minimum atomic E-state index is -0.677. The molecule has 2 aliphatic rings. The monoisotopic (exact) mass is 403 g/mol. The molecule has 0 saturated heterocycles. The lowest BCUT2D eigenvalue weighted by Crippen LogP contribution is -2.22. The van der Waals surface area contributed by atoms with Crippen molar-refractivity contribution in [1.82, 2.24) is 4.98 Å². The second-order valence-electron chi connectivity index (χ2n) is 6.72. The van der Waals surface area contributed by atoms with E-state index in [-0.39, 0.29) is 11.7 Å². The van der Waals surface area contributed by atoms with E-state index in [1.807, 2.05) is 0 Å². The third-order valence-corrected chi connectivity index (χ3v) is 5.41. The molecule has 2 amide bonds. The normalized spacial score (nSPS) is 15.9. The maximum absolute atomic E-state index is 12.4. The van der Waals surface area contributed by atoms with Crippen LogP contribution in [0.5, 0.6) is 17.2 Å². The van der Waals surface area contributed by atoms with Gasteiger partial charge in [-0.25, -0.2) is 9.78 Å². The highest BCUT2D eigenvalue weighted by Crippen LogP contribution is 2.45. The summed E-state index contributed by atoms with van der Waals surface area (Å²) in [6, 6.07) is 3.24. The van der Waals surface area contributed by atoms with Crippen molar-refractivity contribution in [2.45, 2.75) is 32.1 Å². The van der Waals surface area contributed by atoms with E-state index in [4.69, 9.17) is 14.2 Å². The second-order valence-corrected chi connectivity index (χ2v) is 7.62. The molecule has 2 aromatic rings. The Balaban J connectivity index is 1.46. The molecule has 0 radical (unpaired) electrons. The minimum Gasteiger partial charge on any atom is -0.484 e. The third-order valence-electron chi connectivity index (χ3n) is 4.72. The molecule has 0 bridgehead atoms. The minimum absolute atomic E-state index is 0.0431. The van der Waals surface area contributed by atoms with Crippen molar-refractivity contribution in [1.29, 1.82) is 0 Å². The Kier molecular flexibility index (Phi) is 5.61. The fraction of sp³-hybridized carbons (Fsp3) is 0.421. The third kappa shape index (κ3) is 4.36. The molecule has 2 N–H and O–H groups in total. The number of hydrogen-bond donors (Lipinski definition) is 2. The molecule has 2 heterocycles. The molecule has 8 nitrogen and oxygen atoms in total. The maximum atomic E-state index is 12.4. The first-order valence-corrected chi connectivity index (χ1v) is 10.2. The van der Waals surface area contributed by atoms with Gasteiger partial charge in [0.2, 0.25) is 11.7 Å². The van der Waals surface area contributed by atoms with Gasteiger partial charge < -0.3 is 19.5 Å². The zero-order valence-corrected chi connectivity index (χ0v) is 16.0. The van der Waals surface area contributed by atoms with E-state index < -0.39 is 6.09 Å². The van der Waals surface area contributed by atoms with E-state index in [1.54, 1.807) is 23.7 Å². The number of nitrogens with zero attached hydrogens (tertiary/aromatic N) is 1. The molecule has 4 rings (SSSR count). The molecule has 1 aromatic carbocycles. The highest BCUT2D eigenvalue weighted by Gasteiger charge is 2.25. The molecule has 28 heavy (non-hydrogen) atoms. The van der Waals surface area contributed by atoms with Crippen LogP contribution in [0.2, 0.25) is 0 Å². The van der Waals surface area contributed by atoms with E-state index in [2.05, 4.69) is 15.6 Å². The van der Waals surface area contributed by atoms with Crippen LogP contribution in [0.25, 0.3) is 0 Å². The van der Waals surface area contributed by atoms with Crippen molar-refractivity contribution in [3.63, 3.8) is 0 Å². The number of amides is 2. The van der Waals surface area contributed by atoms with Crippen molar-refractivity contribution in [2.24, 2.45) is 5.92 Å². The Labute approximate surface area is 166 Å². The summed E-state index contributed by atoms with van der Waals surface area (Å²) in [5.74, 6) is 1.31. The van der Waals surface area contributed by atoms with Crippen molar-refractivity contribution >= 4 is 34.2 Å². The van der Waals surface area contributed by atoms with Gasteiger partial charge in [-0.15, -0.1) is 11.3 Å². The van der Waals surface area contributed by atoms with Crippen LogP contribution in [-0.2, 0) is 4.79 Å². The van der Waals surface area contributed by atoms with Gasteiger partial charge in [0.05, 0.1) is 5.69 Å². The lowest BCUT2D eigenvalue weighted by Gasteiger charge is -2.23. The van der Waals surface area contributed by atoms with Crippen LogP contribution in [-0.4, -0.2) is 30.2 Å². The first-order chi connectivity index (χ1) is 13.7. The first kappa shape index (κ1) is 18.5. The fourth-order valence-corrected chi connectivity index (χ4v) is 3.98. The molecule has 148 valence electrons. The van der Waals surface area contributed by atoms with Gasteiger partial charge in [-0.2, -0.15) is 0 Å². The summed E-state index contributed by atoms with van der Waals surface area (Å²) in [5.41, 5.74) is 0.519. The Morgan fingerprint density at radius 2 is 1.93 bits per heavy atom. The molecule has 0 atom stereocenters. The topological polar surface area (TPSA) is 98.8 Å². The lowest BCUT2D eigenvalue weighted by molar-refractivity contribution is -0.117. The van der Waals surface area contributed by atoms with Gasteiger partial charge in [-0.1, -0.05) is 12.8 Å². The molecule has 1 saturated carbocycles. The summed E-state index contributed by atoms with van der Waals surface area (Å²) in [6.45, 7) is 0.685. The SMILES string of the molecule is O=C(CC1CCCC1)Nc1ccc(OC(=O)Nc2nccs2)c2c1OCCO2. The van der Waals surface area contributed by atoms with Crippen LogP contribution in [0.4, 0.5) is 15.6 Å². The number of carbonyl (C=O) groups is 2. The van der Waals surface area contributed by atoms with Gasteiger partial charge in [-0.05, 0) is 30.9 Å². The lowest BCUT2D eigenvalue weighted by atomic mass is 10.0. The number of thiazole rings is 1. The molecular formula is C19H21N3O5S. The van der Waals surface area contributed by atoms with Gasteiger partial charge in [0.15, 0.2) is 16.6 Å². The standard InChI is InChI=1S/C19H21N3O5S/c23-15(11-12-3-1-2-4-12)21-13-5-6-14(17-16(13)25-8-9-26-17)27-19(24)22-18-20-7-10-28-18/h5-7,10,12H,1-4,8-9,11H2,(H,21,23)(H,20,22,24). The van der Waals surface area contributed by atoms with E-state index in [9.17, 15) is 9.59 Å². The molecule has 0 unspecified atom stereocenters. The number of aromatic nitrogens is 1. The predicted molar refractivity (Wildman–Crippen MR) is 104 cm³/mol. The summed E-state index contributed by atoms with van der Waals surface area (Å²) in [4.78, 5) is 28.5. The Hall–Kier alpha value is -2.81. The average Bonchev–Trinajstić information content (AvgIpc) is 3.38. The maximum Gasteiger partial charge on any atom is 0.419 e. The summed E-state index contributed by atoms with van der Waals surface area (Å²) >= 11 is 1.29. The van der Waals surface area contributed by atoms with Gasteiger partial charge in [-0.3, -0.25) is 10.1 Å². The number of rotatable bonds is 5. The van der Waals surface area contributed by atoms with Crippen molar-refractivity contribution < 1.29 is 23.8 Å². The van der Waals surface area contributed by atoms with Gasteiger partial charge in [0, 0.05) is 18.0 Å². The van der Waals surface area contributed by atoms with Crippen LogP contribution in [0, 0.1) is 5.92 Å². The van der Waals surface area contributed by atoms with Crippen LogP contribution in [0.15, 0.2) is 23.7 Å². The highest BCUT2D eigenvalue weighted by atomic mass is 32.1. The largest absolute Gasteiger partial charge is 0.484 e. The number of hydrogen-bond acceptors (Lipinski definition) is 7. The molecule has 1 aliphatic carbocycles. The Bertz CT molecular complexity index is 850. The number of ether oxygens (including phenoxy) is 3. The van der Waals surface area contributed by atoms with Crippen LogP contribution >= 0.6 is 11.3 Å². The smallest absolute Gasteiger partial charge is 0.419 e. The van der Waals surface area contributed by atoms with Crippen molar-refractivity contribution in [2.75, 3.05) is 23.8 Å². The van der Waals surface area contributed by atoms with Gasteiger partial charge in [0.25, 0.3) is 0 Å². The quantitative estimate of drug-likeness (QED) is 0.782. The molecule has 0 spiro atoms. The van der Waals surface area contributed by atoms with Crippen LogP contribution < -0.4 is 24.8 Å². The number of fused-ring (bicyclic) bond motifs is 1. The molecule has 9 heteroatoms. The van der Waals surface area contributed by atoms with E-state index in [0.717, 1.165) is 12.8 Å². The van der Waals surface area contributed by atoms with E-state index in [0.29, 0.717) is 47.9 Å². The Morgan fingerprint density at radius 1 is 1.14 bits per heavy atom. The highest BCUT2D eigenvalue weighted by molar-refractivity contribution is 7.13. The predicted octanol–water partition coefficient (Wildman–Crippen LogP) is 4.04. The van der Waals surface area contributed by atoms with E-state index in [1.165, 1.54) is 24.2 Å². The fourth-order valence-electron chi connectivity index (χ4n) is 3.47. The second kappa shape index (κ2) is 8.47. The van der Waals surface area contributed by atoms with Crippen molar-refractivity contribution in [3.05, 3.63) is 23.7 Å². The zero-order valence-electron chi connectivity index (χ0n) is 15.2. The van der Waals surface area contributed by atoms with Crippen LogP contribution in [0.1, 0.15) is 32.1 Å². The molecule has 1 aliphatic heterocycles. The average molecular weight is 403 g/mol.